The molecule has 2 aliphatic rings. The fourth-order valence-electron chi connectivity index (χ4n) is 4.94. The lowest BCUT2D eigenvalue weighted by atomic mass is 10.0. The largest absolute Gasteiger partial charge is 0.340 e. The lowest BCUT2D eigenvalue weighted by Gasteiger charge is -2.32. The number of fused-ring (bicyclic) bond motifs is 2. The molecule has 1 fully saturated rings. The molecular weight excluding hydrogens is 496 g/mol. The molecule has 1 saturated heterocycles. The van der Waals surface area contributed by atoms with Gasteiger partial charge in [-0.3, -0.25) is 4.79 Å². The second-order valence-corrected chi connectivity index (χ2v) is 10.5. The number of H-pyrrole nitrogens is 1. The van der Waals surface area contributed by atoms with E-state index in [4.69, 9.17) is 0 Å². The zero-order chi connectivity index (χ0) is 25.4. The third-order valence-electron chi connectivity index (χ3n) is 7.16. The number of likely N-dealkylation sites (tertiary alicyclic amines) is 1. The first kappa shape index (κ1) is 23.9. The monoisotopic (exact) mass is 523 g/mol. The summed E-state index contributed by atoms with van der Waals surface area (Å²) >= 11 is 1.60. The van der Waals surface area contributed by atoms with E-state index < -0.39 is 5.92 Å². The van der Waals surface area contributed by atoms with Gasteiger partial charge in [-0.25, -0.2) is 23.7 Å². The van der Waals surface area contributed by atoms with Gasteiger partial charge in [-0.15, -0.1) is 11.3 Å². The van der Waals surface area contributed by atoms with Crippen LogP contribution in [0.15, 0.2) is 42.2 Å². The molecule has 2 N–H and O–H groups in total. The highest BCUT2D eigenvalue weighted by molar-refractivity contribution is 7.16. The number of rotatable bonds is 6. The van der Waals surface area contributed by atoms with Crippen molar-refractivity contribution in [3.63, 3.8) is 0 Å². The topological polar surface area (TPSA) is 90.0 Å². The molecule has 37 heavy (non-hydrogen) atoms. The first-order valence-electron chi connectivity index (χ1n) is 12.4. The van der Waals surface area contributed by atoms with Crippen molar-refractivity contribution in [3.8, 4) is 0 Å². The smallest absolute Gasteiger partial charge is 0.250 e. The number of anilines is 2. The fourth-order valence-corrected chi connectivity index (χ4v) is 5.65. The van der Waals surface area contributed by atoms with E-state index >= 15 is 0 Å². The minimum absolute atomic E-state index is 0.0690. The quantitative estimate of drug-likeness (QED) is 0.368. The van der Waals surface area contributed by atoms with Crippen LogP contribution in [0.1, 0.15) is 31.4 Å². The van der Waals surface area contributed by atoms with E-state index in [0.29, 0.717) is 39.1 Å². The average Bonchev–Trinajstić information content (AvgIpc) is 3.55. The van der Waals surface area contributed by atoms with Crippen LogP contribution < -0.4 is 5.32 Å². The normalized spacial score (nSPS) is 18.3. The maximum absolute atomic E-state index is 13.3. The number of hydrogen-bond donors (Lipinski definition) is 2. The van der Waals surface area contributed by atoms with Gasteiger partial charge in [0, 0.05) is 63.4 Å². The van der Waals surface area contributed by atoms with Crippen molar-refractivity contribution in [1.82, 2.24) is 29.7 Å². The van der Waals surface area contributed by atoms with Crippen LogP contribution in [0.5, 0.6) is 0 Å². The number of halogens is 2. The summed E-state index contributed by atoms with van der Waals surface area (Å²) in [4.78, 5) is 33.1. The van der Waals surface area contributed by atoms with Crippen molar-refractivity contribution in [2.75, 3.05) is 38.0 Å². The Bertz CT molecular complexity index is 1470. The maximum Gasteiger partial charge on any atom is 0.250 e. The summed E-state index contributed by atoms with van der Waals surface area (Å²) in [5.41, 5.74) is 6.60. The van der Waals surface area contributed by atoms with E-state index in [1.54, 1.807) is 11.3 Å². The number of alkyl halides is 2. The fraction of sp³-hybridized carbons (Fsp3) is 0.385. The molecule has 5 heterocycles. The first-order chi connectivity index (χ1) is 17.9. The molecule has 0 spiro atoms. The van der Waals surface area contributed by atoms with Gasteiger partial charge in [-0.1, -0.05) is 6.08 Å². The average molecular weight is 524 g/mol. The van der Waals surface area contributed by atoms with Gasteiger partial charge in [-0.2, -0.15) is 0 Å². The van der Waals surface area contributed by atoms with Gasteiger partial charge in [0.05, 0.1) is 21.1 Å². The summed E-state index contributed by atoms with van der Waals surface area (Å²) in [5, 5.41) is 4.30. The summed E-state index contributed by atoms with van der Waals surface area (Å²) in [7, 11) is 0. The van der Waals surface area contributed by atoms with Gasteiger partial charge in [0.25, 0.3) is 5.92 Å². The van der Waals surface area contributed by atoms with Crippen molar-refractivity contribution >= 4 is 55.6 Å². The van der Waals surface area contributed by atoms with Crippen LogP contribution >= 0.6 is 11.3 Å². The highest BCUT2D eigenvalue weighted by Crippen LogP contribution is 2.31. The van der Waals surface area contributed by atoms with Crippen LogP contribution in [0.3, 0.4) is 0 Å². The van der Waals surface area contributed by atoms with E-state index in [0.717, 1.165) is 50.4 Å². The second kappa shape index (κ2) is 9.79. The molecule has 192 valence electrons. The van der Waals surface area contributed by atoms with E-state index in [-0.39, 0.29) is 18.7 Å². The van der Waals surface area contributed by atoms with Crippen molar-refractivity contribution in [1.29, 1.82) is 0 Å². The Morgan fingerprint density at radius 3 is 2.81 bits per heavy atom. The molecule has 11 heteroatoms. The third-order valence-corrected chi connectivity index (χ3v) is 7.95. The van der Waals surface area contributed by atoms with Crippen molar-refractivity contribution in [3.05, 3.63) is 47.9 Å². The number of carbonyl (C=O) groups is 1. The molecule has 8 nitrogen and oxygen atoms in total. The summed E-state index contributed by atoms with van der Waals surface area (Å²) in [6.07, 6.45) is 4.46. The van der Waals surface area contributed by atoms with E-state index in [1.807, 2.05) is 27.4 Å². The minimum atomic E-state index is -2.56. The molecule has 0 saturated carbocycles. The minimum Gasteiger partial charge on any atom is -0.340 e. The lowest BCUT2D eigenvalue weighted by Crippen LogP contribution is -2.42. The molecule has 1 amide bonds. The number of aromatic nitrogens is 4. The number of nitrogens with one attached hydrogen (secondary N) is 2. The number of piperidine rings is 1. The Kier molecular flexibility index (Phi) is 6.33. The van der Waals surface area contributed by atoms with Crippen LogP contribution in [-0.2, 0) is 4.79 Å². The molecular formula is C26H27F2N7OS. The Morgan fingerprint density at radius 1 is 1.14 bits per heavy atom. The van der Waals surface area contributed by atoms with Crippen molar-refractivity contribution < 1.29 is 13.6 Å². The second-order valence-electron chi connectivity index (χ2n) is 9.59. The number of hydrogen-bond acceptors (Lipinski definition) is 7. The van der Waals surface area contributed by atoms with Crippen molar-refractivity contribution in [2.24, 2.45) is 0 Å². The van der Waals surface area contributed by atoms with Gasteiger partial charge in [-0.05, 0) is 36.3 Å². The molecule has 0 atom stereocenters. The molecule has 0 radical (unpaired) electrons. The molecule has 0 unspecified atom stereocenters. The molecule has 3 aromatic heterocycles. The predicted molar refractivity (Wildman–Crippen MR) is 141 cm³/mol. The van der Waals surface area contributed by atoms with Crippen molar-refractivity contribution in [2.45, 2.75) is 31.6 Å². The Morgan fingerprint density at radius 2 is 2.00 bits per heavy atom. The van der Waals surface area contributed by atoms with E-state index in [1.165, 1.54) is 6.33 Å². The number of aromatic amines is 1. The summed E-state index contributed by atoms with van der Waals surface area (Å²) in [6, 6.07) is 8.09. The lowest BCUT2D eigenvalue weighted by molar-refractivity contribution is -0.131. The molecule has 1 aromatic carbocycles. The number of carbonyl (C=O) groups excluding carboxylic acids is 1. The number of thiazole rings is 1. The highest BCUT2D eigenvalue weighted by Gasteiger charge is 2.34. The van der Waals surface area contributed by atoms with Gasteiger partial charge in [0.1, 0.15) is 17.8 Å². The van der Waals surface area contributed by atoms with Gasteiger partial charge in [0.15, 0.2) is 0 Å². The molecule has 2 aliphatic heterocycles. The van der Waals surface area contributed by atoms with Crippen LogP contribution in [0.2, 0.25) is 0 Å². The van der Waals surface area contributed by atoms with E-state index in [9.17, 15) is 13.6 Å². The van der Waals surface area contributed by atoms with Gasteiger partial charge >= 0.3 is 0 Å². The third kappa shape index (κ3) is 5.19. The number of nitrogens with zero attached hydrogens (tertiary/aromatic N) is 5. The summed E-state index contributed by atoms with van der Waals surface area (Å²) < 4.78 is 27.8. The van der Waals surface area contributed by atoms with Crippen LogP contribution in [0, 0.1) is 0 Å². The first-order valence-corrected chi connectivity index (χ1v) is 13.3. The van der Waals surface area contributed by atoms with Gasteiger partial charge < -0.3 is 20.1 Å². The standard InChI is InChI=1S/C26H27F2N7OS/c27-26(28)6-11-34(12-7-26)8-5-23(36)35-9-3-17(4-10-35)21-14-19-24(29-15-30-25(19)33-21)32-18-1-2-20-22(13-18)37-16-31-20/h1-3,13-16H,4-12H2,(H2,29,30,32,33). The summed E-state index contributed by atoms with van der Waals surface area (Å²) in [5.74, 6) is -1.77. The molecule has 0 bridgehead atoms. The van der Waals surface area contributed by atoms with E-state index in [2.05, 4.69) is 43.5 Å². The molecule has 4 aromatic rings. The number of benzene rings is 1. The van der Waals surface area contributed by atoms with Crippen LogP contribution in [0.4, 0.5) is 20.3 Å². The Labute approximate surface area is 216 Å². The molecule has 6 rings (SSSR count). The maximum atomic E-state index is 13.3. The number of amides is 1. The predicted octanol–water partition coefficient (Wildman–Crippen LogP) is 5.05. The Hall–Kier alpha value is -3.44. The Balaban J connectivity index is 1.10. The van der Waals surface area contributed by atoms with Gasteiger partial charge in [0.2, 0.25) is 5.91 Å². The zero-order valence-electron chi connectivity index (χ0n) is 20.2. The highest BCUT2D eigenvalue weighted by atomic mass is 32.1. The summed E-state index contributed by atoms with van der Waals surface area (Å²) in [6.45, 7) is 2.40. The SMILES string of the molecule is O=C(CCN1CCC(F)(F)CC1)N1CC=C(c2cc3c(Nc4ccc5ncsc5c4)ncnc3[nH]2)CC1. The molecule has 0 aliphatic carbocycles. The van der Waals surface area contributed by atoms with Crippen LogP contribution in [-0.4, -0.2) is 74.3 Å². The zero-order valence-corrected chi connectivity index (χ0v) is 21.0. The van der Waals surface area contributed by atoms with Crippen LogP contribution in [0.25, 0.3) is 26.8 Å².